The molecule has 24 heavy (non-hydrogen) atoms. The minimum Gasteiger partial charge on any atom is -0.472 e. The van der Waals surface area contributed by atoms with Crippen molar-refractivity contribution in [1.29, 1.82) is 0 Å². The molecule has 0 saturated carbocycles. The van der Waals surface area contributed by atoms with Crippen molar-refractivity contribution in [2.45, 2.75) is 25.3 Å². The van der Waals surface area contributed by atoms with E-state index >= 15 is 0 Å². The molecular formula is C17H20F2N4O. The van der Waals surface area contributed by atoms with Crippen LogP contribution >= 0.6 is 0 Å². The number of anilines is 1. The lowest BCUT2D eigenvalue weighted by Gasteiger charge is -2.45. The van der Waals surface area contributed by atoms with Crippen molar-refractivity contribution in [3.8, 4) is 0 Å². The molecule has 1 spiro atoms. The van der Waals surface area contributed by atoms with Gasteiger partial charge in [0.25, 0.3) is 5.92 Å². The fourth-order valence-electron chi connectivity index (χ4n) is 3.89. The summed E-state index contributed by atoms with van der Waals surface area (Å²) in [5.41, 5.74) is -0.00890. The summed E-state index contributed by atoms with van der Waals surface area (Å²) in [6.07, 6.45) is 6.95. The van der Waals surface area contributed by atoms with Crippen LogP contribution in [0.3, 0.4) is 0 Å². The maximum Gasteiger partial charge on any atom is 0.257 e. The highest BCUT2D eigenvalue weighted by atomic mass is 19.3. The van der Waals surface area contributed by atoms with E-state index in [0.717, 1.165) is 5.56 Å². The summed E-state index contributed by atoms with van der Waals surface area (Å²) in [5, 5.41) is 0. The van der Waals surface area contributed by atoms with E-state index in [2.05, 4.69) is 14.9 Å². The predicted molar refractivity (Wildman–Crippen MR) is 84.8 cm³/mol. The summed E-state index contributed by atoms with van der Waals surface area (Å²) in [6.45, 7) is 2.30. The number of piperidine rings is 1. The molecule has 0 aromatic carbocycles. The second-order valence-corrected chi connectivity index (χ2v) is 6.80. The molecule has 2 aromatic rings. The van der Waals surface area contributed by atoms with Gasteiger partial charge >= 0.3 is 0 Å². The van der Waals surface area contributed by atoms with Crippen molar-refractivity contribution in [1.82, 2.24) is 14.9 Å². The molecule has 128 valence electrons. The van der Waals surface area contributed by atoms with Crippen LogP contribution in [0.25, 0.3) is 0 Å². The summed E-state index contributed by atoms with van der Waals surface area (Å²) in [7, 11) is 0. The number of alkyl halides is 2. The number of nitrogens with zero attached hydrogens (tertiary/aromatic N) is 4. The number of hydrogen-bond donors (Lipinski definition) is 0. The number of rotatable bonds is 3. The van der Waals surface area contributed by atoms with E-state index in [0.29, 0.717) is 45.1 Å². The van der Waals surface area contributed by atoms with Crippen LogP contribution in [0.15, 0.2) is 41.5 Å². The Morgan fingerprint density at radius 2 is 1.96 bits per heavy atom. The zero-order chi connectivity index (χ0) is 16.6. The highest BCUT2D eigenvalue weighted by Gasteiger charge is 2.59. The van der Waals surface area contributed by atoms with Gasteiger partial charge in [0.05, 0.1) is 17.9 Å². The van der Waals surface area contributed by atoms with E-state index in [1.54, 1.807) is 31.0 Å². The normalized spacial score (nSPS) is 27.0. The second-order valence-electron chi connectivity index (χ2n) is 6.80. The average Bonchev–Trinajstić information content (AvgIpc) is 3.23. The van der Waals surface area contributed by atoms with E-state index < -0.39 is 11.3 Å². The number of likely N-dealkylation sites (tertiary alicyclic amines) is 1. The van der Waals surface area contributed by atoms with Crippen molar-refractivity contribution < 1.29 is 13.2 Å². The number of hydrogen-bond acceptors (Lipinski definition) is 5. The third kappa shape index (κ3) is 2.66. The smallest absolute Gasteiger partial charge is 0.257 e. The summed E-state index contributed by atoms with van der Waals surface area (Å²) in [4.78, 5) is 12.4. The lowest BCUT2D eigenvalue weighted by Crippen LogP contribution is -2.56. The van der Waals surface area contributed by atoms with E-state index in [-0.39, 0.29) is 6.42 Å². The van der Waals surface area contributed by atoms with Gasteiger partial charge in [-0.25, -0.2) is 18.7 Å². The third-order valence-corrected chi connectivity index (χ3v) is 5.22. The molecule has 0 N–H and O–H groups in total. The van der Waals surface area contributed by atoms with Crippen LogP contribution in [-0.4, -0.2) is 47.0 Å². The van der Waals surface area contributed by atoms with E-state index in [1.165, 1.54) is 0 Å². The van der Waals surface area contributed by atoms with E-state index in [1.807, 2.05) is 11.0 Å². The van der Waals surface area contributed by atoms with Gasteiger partial charge in [0.15, 0.2) is 0 Å². The first-order valence-electron chi connectivity index (χ1n) is 8.21. The fraction of sp³-hybridized carbons (Fsp3) is 0.529. The molecule has 2 aromatic heterocycles. The largest absolute Gasteiger partial charge is 0.472 e. The molecule has 7 heteroatoms. The molecule has 2 aliphatic heterocycles. The molecule has 0 radical (unpaired) electrons. The van der Waals surface area contributed by atoms with Crippen LogP contribution < -0.4 is 4.90 Å². The molecule has 0 unspecified atom stereocenters. The Labute approximate surface area is 139 Å². The van der Waals surface area contributed by atoms with Crippen LogP contribution in [0, 0.1) is 5.41 Å². The lowest BCUT2D eigenvalue weighted by molar-refractivity contribution is -0.158. The van der Waals surface area contributed by atoms with Gasteiger partial charge in [-0.3, -0.25) is 4.90 Å². The Morgan fingerprint density at radius 3 is 2.71 bits per heavy atom. The Hall–Kier alpha value is -2.02. The number of aromatic nitrogens is 2. The lowest BCUT2D eigenvalue weighted by atomic mass is 9.75. The summed E-state index contributed by atoms with van der Waals surface area (Å²) >= 11 is 0. The van der Waals surface area contributed by atoms with Crippen molar-refractivity contribution in [2.24, 2.45) is 5.41 Å². The number of furan rings is 1. The Kier molecular flexibility index (Phi) is 3.75. The molecule has 2 aliphatic rings. The van der Waals surface area contributed by atoms with Crippen molar-refractivity contribution in [2.75, 3.05) is 31.1 Å². The zero-order valence-electron chi connectivity index (χ0n) is 13.4. The van der Waals surface area contributed by atoms with Crippen LogP contribution in [0.2, 0.25) is 0 Å². The molecular weight excluding hydrogens is 314 g/mol. The van der Waals surface area contributed by atoms with Crippen LogP contribution in [-0.2, 0) is 6.54 Å². The first-order chi connectivity index (χ1) is 11.6. The van der Waals surface area contributed by atoms with Gasteiger partial charge in [-0.05, 0) is 18.6 Å². The van der Waals surface area contributed by atoms with Crippen molar-refractivity contribution in [3.05, 3.63) is 42.6 Å². The van der Waals surface area contributed by atoms with Crippen LogP contribution in [0.5, 0.6) is 0 Å². The van der Waals surface area contributed by atoms with Crippen molar-refractivity contribution in [3.63, 3.8) is 0 Å². The minimum absolute atomic E-state index is 0.103. The molecule has 4 rings (SSSR count). The summed E-state index contributed by atoms with van der Waals surface area (Å²) in [5.74, 6) is -2.12. The maximum atomic E-state index is 14.8. The van der Waals surface area contributed by atoms with Gasteiger partial charge in [0.2, 0.25) is 5.95 Å². The highest BCUT2D eigenvalue weighted by molar-refractivity contribution is 5.33. The van der Waals surface area contributed by atoms with E-state index in [4.69, 9.17) is 4.42 Å². The van der Waals surface area contributed by atoms with Crippen molar-refractivity contribution >= 4 is 5.95 Å². The van der Waals surface area contributed by atoms with Crippen LogP contribution in [0.1, 0.15) is 18.4 Å². The Bertz CT molecular complexity index is 679. The topological polar surface area (TPSA) is 45.4 Å². The SMILES string of the molecule is FC1(F)CCN(Cc2ccoc2)C[C@]12CCN(c1ncccn1)C2. The van der Waals surface area contributed by atoms with Gasteiger partial charge < -0.3 is 9.32 Å². The van der Waals surface area contributed by atoms with E-state index in [9.17, 15) is 8.78 Å². The number of halogens is 2. The van der Waals surface area contributed by atoms with Gasteiger partial charge in [-0.2, -0.15) is 0 Å². The van der Waals surface area contributed by atoms with Gasteiger partial charge in [-0.1, -0.05) is 0 Å². The van der Waals surface area contributed by atoms with Gasteiger partial charge in [0, 0.05) is 57.1 Å². The Balaban J connectivity index is 1.53. The first-order valence-corrected chi connectivity index (χ1v) is 8.21. The maximum absolute atomic E-state index is 14.8. The van der Waals surface area contributed by atoms with Gasteiger partial charge in [0.1, 0.15) is 0 Å². The quantitative estimate of drug-likeness (QED) is 0.864. The molecule has 5 nitrogen and oxygen atoms in total. The summed E-state index contributed by atoms with van der Waals surface area (Å²) < 4.78 is 34.7. The predicted octanol–water partition coefficient (Wildman–Crippen LogP) is 2.81. The fourth-order valence-corrected chi connectivity index (χ4v) is 3.89. The molecule has 0 amide bonds. The standard InChI is InChI=1S/C17H20F2N4O/c18-17(19)4-7-22(10-14-2-9-24-11-14)12-16(17)3-8-23(13-16)15-20-5-1-6-21-15/h1-2,5-6,9,11H,3-4,7-8,10,12-13H2/t16-/m0/s1. The Morgan fingerprint density at radius 1 is 1.12 bits per heavy atom. The second kappa shape index (κ2) is 5.81. The molecule has 4 heterocycles. The minimum atomic E-state index is -2.66. The summed E-state index contributed by atoms with van der Waals surface area (Å²) in [6, 6.07) is 3.62. The van der Waals surface area contributed by atoms with Crippen LogP contribution in [0.4, 0.5) is 14.7 Å². The first kappa shape index (κ1) is 15.5. The average molecular weight is 334 g/mol. The molecule has 2 fully saturated rings. The molecule has 0 aliphatic carbocycles. The molecule has 0 bridgehead atoms. The third-order valence-electron chi connectivity index (χ3n) is 5.22. The van der Waals surface area contributed by atoms with Gasteiger partial charge in [-0.15, -0.1) is 0 Å². The molecule has 1 atom stereocenters. The zero-order valence-corrected chi connectivity index (χ0v) is 13.4. The monoisotopic (exact) mass is 334 g/mol. The highest BCUT2D eigenvalue weighted by Crippen LogP contribution is 2.50. The molecule has 2 saturated heterocycles.